The Morgan fingerprint density at radius 1 is 1.00 bits per heavy atom. The second kappa shape index (κ2) is 8.23. The van der Waals surface area contributed by atoms with Gasteiger partial charge < -0.3 is 4.90 Å². The highest BCUT2D eigenvalue weighted by Crippen LogP contribution is 2.29. The molecule has 0 N–H and O–H groups in total. The van der Waals surface area contributed by atoms with Gasteiger partial charge in [-0.15, -0.1) is 5.10 Å². The van der Waals surface area contributed by atoms with Crippen molar-refractivity contribution in [2.45, 2.75) is 12.7 Å². The van der Waals surface area contributed by atoms with Crippen LogP contribution in [0, 0.1) is 0 Å². The number of nitrogens with zero attached hydrogens (tertiary/aromatic N) is 6. The van der Waals surface area contributed by atoms with Crippen molar-refractivity contribution in [3.05, 3.63) is 71.5 Å². The zero-order chi connectivity index (χ0) is 21.1. The molecular formula is C20H19F3N6O. The van der Waals surface area contributed by atoms with Crippen LogP contribution in [0.5, 0.6) is 0 Å². The predicted molar refractivity (Wildman–Crippen MR) is 102 cm³/mol. The number of tetrazole rings is 1. The molecule has 10 heteroatoms. The van der Waals surface area contributed by atoms with Crippen LogP contribution in [-0.2, 0) is 12.7 Å². The van der Waals surface area contributed by atoms with Gasteiger partial charge >= 0.3 is 6.18 Å². The van der Waals surface area contributed by atoms with Gasteiger partial charge in [0.25, 0.3) is 5.91 Å². The molecule has 1 amide bonds. The third-order valence-corrected chi connectivity index (χ3v) is 5.03. The summed E-state index contributed by atoms with van der Waals surface area (Å²) in [7, 11) is 0. The first-order valence-electron chi connectivity index (χ1n) is 9.41. The minimum Gasteiger partial charge on any atom is -0.336 e. The van der Waals surface area contributed by atoms with Gasteiger partial charge in [-0.05, 0) is 40.3 Å². The third-order valence-electron chi connectivity index (χ3n) is 5.03. The van der Waals surface area contributed by atoms with E-state index in [4.69, 9.17) is 0 Å². The molecule has 0 aliphatic carbocycles. The molecule has 1 aromatic heterocycles. The van der Waals surface area contributed by atoms with Crippen LogP contribution in [0.2, 0.25) is 0 Å². The summed E-state index contributed by atoms with van der Waals surface area (Å²) < 4.78 is 40.2. The number of benzene rings is 2. The van der Waals surface area contributed by atoms with Crippen molar-refractivity contribution in [3.8, 4) is 5.69 Å². The van der Waals surface area contributed by atoms with E-state index in [-0.39, 0.29) is 5.91 Å². The fraction of sp³-hybridized carbons (Fsp3) is 0.300. The number of carbonyl (C=O) groups is 1. The fourth-order valence-electron chi connectivity index (χ4n) is 3.46. The van der Waals surface area contributed by atoms with Crippen LogP contribution in [-0.4, -0.2) is 62.1 Å². The Morgan fingerprint density at radius 2 is 1.77 bits per heavy atom. The Labute approximate surface area is 170 Å². The fourth-order valence-corrected chi connectivity index (χ4v) is 3.46. The number of hydrogen-bond acceptors (Lipinski definition) is 5. The highest BCUT2D eigenvalue weighted by Gasteiger charge is 2.30. The lowest BCUT2D eigenvalue weighted by atomic mass is 10.1. The SMILES string of the molecule is O=C(c1cccc(-n2cnnn2)c1)N1CCN(Cc2cccc(C(F)(F)F)c2)CC1. The topological polar surface area (TPSA) is 67.2 Å². The average Bonchev–Trinajstić information content (AvgIpc) is 3.29. The molecule has 0 saturated carbocycles. The monoisotopic (exact) mass is 416 g/mol. The largest absolute Gasteiger partial charge is 0.416 e. The summed E-state index contributed by atoms with van der Waals surface area (Å²) in [6.07, 6.45) is -2.89. The summed E-state index contributed by atoms with van der Waals surface area (Å²) in [6.45, 7) is 2.61. The molecule has 1 fully saturated rings. The Balaban J connectivity index is 1.37. The van der Waals surface area contributed by atoms with Crippen LogP contribution in [0.4, 0.5) is 13.2 Å². The lowest BCUT2D eigenvalue weighted by Gasteiger charge is -2.35. The number of rotatable bonds is 4. The van der Waals surface area contributed by atoms with Crippen molar-refractivity contribution < 1.29 is 18.0 Å². The van der Waals surface area contributed by atoms with Crippen LogP contribution >= 0.6 is 0 Å². The molecule has 0 radical (unpaired) electrons. The molecule has 0 spiro atoms. The highest BCUT2D eigenvalue weighted by atomic mass is 19.4. The van der Waals surface area contributed by atoms with E-state index in [1.165, 1.54) is 23.1 Å². The van der Waals surface area contributed by atoms with E-state index in [0.29, 0.717) is 49.5 Å². The van der Waals surface area contributed by atoms with E-state index >= 15 is 0 Å². The quantitative estimate of drug-likeness (QED) is 0.654. The van der Waals surface area contributed by atoms with Gasteiger partial charge in [-0.1, -0.05) is 24.3 Å². The van der Waals surface area contributed by atoms with Crippen molar-refractivity contribution >= 4 is 5.91 Å². The van der Waals surface area contributed by atoms with E-state index in [2.05, 4.69) is 20.4 Å². The number of alkyl halides is 3. The smallest absolute Gasteiger partial charge is 0.336 e. The Morgan fingerprint density at radius 3 is 2.47 bits per heavy atom. The Kier molecular flexibility index (Phi) is 5.49. The second-order valence-electron chi connectivity index (χ2n) is 7.07. The third kappa shape index (κ3) is 4.48. The maximum atomic E-state index is 12.9. The molecule has 1 aliphatic rings. The van der Waals surface area contributed by atoms with Gasteiger partial charge in [0, 0.05) is 38.3 Å². The minimum absolute atomic E-state index is 0.0938. The van der Waals surface area contributed by atoms with E-state index in [1.807, 2.05) is 0 Å². The molecule has 30 heavy (non-hydrogen) atoms. The highest BCUT2D eigenvalue weighted by molar-refractivity contribution is 5.94. The summed E-state index contributed by atoms with van der Waals surface area (Å²) in [6, 6.07) is 12.4. The van der Waals surface area contributed by atoms with Crippen LogP contribution in [0.3, 0.4) is 0 Å². The van der Waals surface area contributed by atoms with Gasteiger partial charge in [-0.25, -0.2) is 4.68 Å². The molecule has 1 saturated heterocycles. The van der Waals surface area contributed by atoms with Crippen LogP contribution < -0.4 is 0 Å². The summed E-state index contributed by atoms with van der Waals surface area (Å²) in [5.41, 5.74) is 1.19. The van der Waals surface area contributed by atoms with Gasteiger partial charge in [-0.3, -0.25) is 9.69 Å². The zero-order valence-corrected chi connectivity index (χ0v) is 16.0. The number of halogens is 3. The van der Waals surface area contributed by atoms with Gasteiger partial charge in [-0.2, -0.15) is 13.2 Å². The van der Waals surface area contributed by atoms with Gasteiger partial charge in [0.1, 0.15) is 6.33 Å². The van der Waals surface area contributed by atoms with Crippen molar-refractivity contribution in [3.63, 3.8) is 0 Å². The number of aromatic nitrogens is 4. The standard InChI is InChI=1S/C20H19F3N6O/c21-20(22,23)17-5-1-3-15(11-17)13-27-7-9-28(10-8-27)19(30)16-4-2-6-18(12-16)29-14-24-25-26-29/h1-6,11-12,14H,7-10,13H2. The molecule has 156 valence electrons. The lowest BCUT2D eigenvalue weighted by molar-refractivity contribution is -0.137. The van der Waals surface area contributed by atoms with E-state index in [9.17, 15) is 18.0 Å². The van der Waals surface area contributed by atoms with Crippen LogP contribution in [0.25, 0.3) is 5.69 Å². The van der Waals surface area contributed by atoms with Gasteiger partial charge in [0.15, 0.2) is 0 Å². The molecule has 2 heterocycles. The number of amides is 1. The van der Waals surface area contributed by atoms with E-state index in [0.717, 1.165) is 6.07 Å². The van der Waals surface area contributed by atoms with Crippen LogP contribution in [0.1, 0.15) is 21.5 Å². The summed E-state index contributed by atoms with van der Waals surface area (Å²) in [4.78, 5) is 16.7. The molecule has 0 atom stereocenters. The Bertz CT molecular complexity index is 1010. The van der Waals surface area contributed by atoms with Crippen LogP contribution in [0.15, 0.2) is 54.9 Å². The molecule has 0 unspecified atom stereocenters. The molecule has 0 bridgehead atoms. The van der Waals surface area contributed by atoms with Gasteiger partial charge in [0.05, 0.1) is 11.3 Å². The van der Waals surface area contributed by atoms with E-state index in [1.54, 1.807) is 35.2 Å². The van der Waals surface area contributed by atoms with E-state index < -0.39 is 11.7 Å². The molecule has 7 nitrogen and oxygen atoms in total. The van der Waals surface area contributed by atoms with Crippen molar-refractivity contribution in [1.82, 2.24) is 30.0 Å². The second-order valence-corrected chi connectivity index (χ2v) is 7.07. The first-order valence-corrected chi connectivity index (χ1v) is 9.41. The molecule has 3 aromatic rings. The molecule has 2 aromatic carbocycles. The van der Waals surface area contributed by atoms with Crippen molar-refractivity contribution in [1.29, 1.82) is 0 Å². The maximum Gasteiger partial charge on any atom is 0.416 e. The summed E-state index contributed by atoms with van der Waals surface area (Å²) >= 11 is 0. The molecular weight excluding hydrogens is 397 g/mol. The Hall–Kier alpha value is -3.27. The number of piperazine rings is 1. The van der Waals surface area contributed by atoms with Crippen molar-refractivity contribution in [2.24, 2.45) is 0 Å². The van der Waals surface area contributed by atoms with Crippen molar-refractivity contribution in [2.75, 3.05) is 26.2 Å². The van der Waals surface area contributed by atoms with Gasteiger partial charge in [0.2, 0.25) is 0 Å². The first kappa shape index (κ1) is 20.0. The first-order chi connectivity index (χ1) is 14.4. The molecule has 4 rings (SSSR count). The lowest BCUT2D eigenvalue weighted by Crippen LogP contribution is -2.48. The average molecular weight is 416 g/mol. The zero-order valence-electron chi connectivity index (χ0n) is 16.0. The summed E-state index contributed by atoms with van der Waals surface area (Å²) in [5, 5.41) is 11.0. The maximum absolute atomic E-state index is 12.9. The minimum atomic E-state index is -4.35. The molecule has 1 aliphatic heterocycles. The predicted octanol–water partition coefficient (Wildman–Crippen LogP) is 2.64. The normalized spacial score (nSPS) is 15.4. The number of hydrogen-bond donors (Lipinski definition) is 0. The summed E-state index contributed by atoms with van der Waals surface area (Å²) in [5.74, 6) is -0.0938. The number of carbonyl (C=O) groups excluding carboxylic acids is 1.